The summed E-state index contributed by atoms with van der Waals surface area (Å²) in [5.74, 6) is 0.173. The van der Waals surface area contributed by atoms with E-state index in [2.05, 4.69) is 21.2 Å². The summed E-state index contributed by atoms with van der Waals surface area (Å²) in [6, 6.07) is 18.5. The highest BCUT2D eigenvalue weighted by molar-refractivity contribution is 9.10. The molecular formula is C21H19BrN2O3. The lowest BCUT2D eigenvalue weighted by molar-refractivity contribution is -0.118. The second-order valence-corrected chi connectivity index (χ2v) is 7.01. The number of fused-ring (bicyclic) bond motifs is 1. The van der Waals surface area contributed by atoms with Gasteiger partial charge in [-0.15, -0.1) is 0 Å². The van der Waals surface area contributed by atoms with E-state index in [0.717, 1.165) is 15.2 Å². The van der Waals surface area contributed by atoms with Crippen LogP contribution in [0, 0.1) is 0 Å². The molecule has 0 heterocycles. The van der Waals surface area contributed by atoms with Gasteiger partial charge in [-0.1, -0.05) is 36.4 Å². The van der Waals surface area contributed by atoms with E-state index in [1.54, 1.807) is 38.4 Å². The number of carbonyl (C=O) groups is 2. The van der Waals surface area contributed by atoms with Crippen molar-refractivity contribution in [3.8, 4) is 5.75 Å². The van der Waals surface area contributed by atoms with E-state index < -0.39 is 0 Å². The van der Waals surface area contributed by atoms with Crippen LogP contribution in [0.4, 0.5) is 5.69 Å². The first-order chi connectivity index (χ1) is 13.0. The molecule has 2 amide bonds. The lowest BCUT2D eigenvalue weighted by Crippen LogP contribution is -2.23. The SMILES string of the molecule is CN(C)C(=O)c1cccc(NC(=O)COc2ccc3ccccc3c2Br)c1. The van der Waals surface area contributed by atoms with E-state index in [1.165, 1.54) is 4.90 Å². The van der Waals surface area contributed by atoms with Gasteiger partial charge in [0.25, 0.3) is 11.8 Å². The Balaban J connectivity index is 1.66. The monoisotopic (exact) mass is 426 g/mol. The predicted molar refractivity (Wildman–Crippen MR) is 110 cm³/mol. The number of halogens is 1. The minimum absolute atomic E-state index is 0.123. The standard InChI is InChI=1S/C21H19BrN2O3/c1-24(2)21(26)15-7-5-8-16(12-15)23-19(25)13-27-18-11-10-14-6-3-4-9-17(14)20(18)22/h3-12H,13H2,1-2H3,(H,23,25). The molecule has 0 saturated heterocycles. The predicted octanol–water partition coefficient (Wildman–Crippen LogP) is 4.32. The van der Waals surface area contributed by atoms with Crippen LogP contribution in [0.25, 0.3) is 10.8 Å². The zero-order valence-corrected chi connectivity index (χ0v) is 16.6. The van der Waals surface area contributed by atoms with Gasteiger partial charge in [0.1, 0.15) is 5.75 Å². The van der Waals surface area contributed by atoms with Crippen molar-refractivity contribution in [3.05, 3.63) is 70.7 Å². The average Bonchev–Trinajstić information content (AvgIpc) is 2.67. The van der Waals surface area contributed by atoms with Crippen LogP contribution in [0.1, 0.15) is 10.4 Å². The minimum atomic E-state index is -0.301. The molecule has 0 atom stereocenters. The molecule has 6 heteroatoms. The number of carbonyl (C=O) groups excluding carboxylic acids is 2. The molecule has 0 fully saturated rings. The van der Waals surface area contributed by atoms with Crippen molar-refractivity contribution < 1.29 is 14.3 Å². The third-order valence-corrected chi connectivity index (χ3v) is 4.80. The molecule has 27 heavy (non-hydrogen) atoms. The van der Waals surface area contributed by atoms with E-state index in [-0.39, 0.29) is 18.4 Å². The number of amides is 2. The zero-order chi connectivity index (χ0) is 19.4. The Morgan fingerprint density at radius 1 is 1.04 bits per heavy atom. The topological polar surface area (TPSA) is 58.6 Å². The Morgan fingerprint density at radius 3 is 2.59 bits per heavy atom. The fraction of sp³-hybridized carbons (Fsp3) is 0.143. The summed E-state index contributed by atoms with van der Waals surface area (Å²) in [5.41, 5.74) is 1.06. The van der Waals surface area contributed by atoms with Gasteiger partial charge >= 0.3 is 0 Å². The Labute approximate surface area is 166 Å². The van der Waals surface area contributed by atoms with Crippen LogP contribution in [0.15, 0.2) is 65.1 Å². The van der Waals surface area contributed by atoms with Crippen molar-refractivity contribution in [2.45, 2.75) is 0 Å². The van der Waals surface area contributed by atoms with Gasteiger partial charge < -0.3 is 15.0 Å². The van der Waals surface area contributed by atoms with Crippen LogP contribution >= 0.6 is 15.9 Å². The highest BCUT2D eigenvalue weighted by Gasteiger charge is 2.11. The van der Waals surface area contributed by atoms with Crippen molar-refractivity contribution in [1.82, 2.24) is 4.90 Å². The van der Waals surface area contributed by atoms with E-state index in [1.807, 2.05) is 36.4 Å². The number of benzene rings is 3. The Bertz CT molecular complexity index is 1000. The van der Waals surface area contributed by atoms with Crippen molar-refractivity contribution >= 4 is 44.2 Å². The molecule has 138 valence electrons. The van der Waals surface area contributed by atoms with E-state index in [0.29, 0.717) is 17.0 Å². The normalized spacial score (nSPS) is 10.5. The van der Waals surface area contributed by atoms with Gasteiger partial charge in [0.2, 0.25) is 0 Å². The van der Waals surface area contributed by atoms with Crippen molar-refractivity contribution in [3.63, 3.8) is 0 Å². The Kier molecular flexibility index (Phi) is 5.76. The molecule has 0 spiro atoms. The fourth-order valence-electron chi connectivity index (χ4n) is 2.65. The molecule has 0 aliphatic heterocycles. The average molecular weight is 427 g/mol. The van der Waals surface area contributed by atoms with Gasteiger partial charge in [-0.2, -0.15) is 0 Å². The molecule has 3 rings (SSSR count). The van der Waals surface area contributed by atoms with Crippen LogP contribution in [0.3, 0.4) is 0 Å². The second kappa shape index (κ2) is 8.22. The molecule has 0 radical (unpaired) electrons. The maximum Gasteiger partial charge on any atom is 0.262 e. The van der Waals surface area contributed by atoms with E-state index >= 15 is 0 Å². The lowest BCUT2D eigenvalue weighted by Gasteiger charge is -2.13. The number of anilines is 1. The van der Waals surface area contributed by atoms with Gasteiger partial charge in [0.15, 0.2) is 6.61 Å². The van der Waals surface area contributed by atoms with Gasteiger partial charge in [-0.05, 0) is 51.0 Å². The Morgan fingerprint density at radius 2 is 1.81 bits per heavy atom. The van der Waals surface area contributed by atoms with Crippen LogP contribution in [0.2, 0.25) is 0 Å². The van der Waals surface area contributed by atoms with Gasteiger partial charge in [0, 0.05) is 25.3 Å². The largest absolute Gasteiger partial charge is 0.483 e. The minimum Gasteiger partial charge on any atom is -0.483 e. The van der Waals surface area contributed by atoms with Gasteiger partial charge in [-0.3, -0.25) is 9.59 Å². The molecule has 3 aromatic rings. The summed E-state index contributed by atoms with van der Waals surface area (Å²) in [4.78, 5) is 25.7. The van der Waals surface area contributed by atoms with Crippen LogP contribution in [-0.2, 0) is 4.79 Å². The molecule has 0 unspecified atom stereocenters. The summed E-state index contributed by atoms with van der Waals surface area (Å²) in [6.07, 6.45) is 0. The first-order valence-corrected chi connectivity index (χ1v) is 9.16. The van der Waals surface area contributed by atoms with Crippen LogP contribution in [0.5, 0.6) is 5.75 Å². The lowest BCUT2D eigenvalue weighted by atomic mass is 10.1. The molecule has 0 aliphatic carbocycles. The molecular weight excluding hydrogens is 408 g/mol. The number of rotatable bonds is 5. The van der Waals surface area contributed by atoms with Crippen LogP contribution < -0.4 is 10.1 Å². The molecule has 3 aromatic carbocycles. The second-order valence-electron chi connectivity index (χ2n) is 6.22. The summed E-state index contributed by atoms with van der Waals surface area (Å²) < 4.78 is 6.47. The summed E-state index contributed by atoms with van der Waals surface area (Å²) in [7, 11) is 3.37. The van der Waals surface area contributed by atoms with Crippen molar-refractivity contribution in [1.29, 1.82) is 0 Å². The third kappa shape index (κ3) is 4.46. The molecule has 0 saturated carbocycles. The highest BCUT2D eigenvalue weighted by atomic mass is 79.9. The molecule has 0 bridgehead atoms. The van der Waals surface area contributed by atoms with Crippen LogP contribution in [-0.4, -0.2) is 37.4 Å². The summed E-state index contributed by atoms with van der Waals surface area (Å²) in [6.45, 7) is -0.136. The molecule has 1 N–H and O–H groups in total. The van der Waals surface area contributed by atoms with Crippen molar-refractivity contribution in [2.75, 3.05) is 26.0 Å². The third-order valence-electron chi connectivity index (χ3n) is 3.99. The van der Waals surface area contributed by atoms with E-state index in [9.17, 15) is 9.59 Å². The van der Waals surface area contributed by atoms with Gasteiger partial charge in [-0.25, -0.2) is 0 Å². The first kappa shape index (κ1) is 18.9. The number of ether oxygens (including phenoxy) is 1. The highest BCUT2D eigenvalue weighted by Crippen LogP contribution is 2.33. The fourth-order valence-corrected chi connectivity index (χ4v) is 3.26. The summed E-state index contributed by atoms with van der Waals surface area (Å²) >= 11 is 3.54. The summed E-state index contributed by atoms with van der Waals surface area (Å²) in [5, 5.41) is 4.86. The Hall–Kier alpha value is -2.86. The quantitative estimate of drug-likeness (QED) is 0.660. The maximum absolute atomic E-state index is 12.2. The van der Waals surface area contributed by atoms with E-state index in [4.69, 9.17) is 4.74 Å². The zero-order valence-electron chi connectivity index (χ0n) is 15.0. The number of nitrogens with zero attached hydrogens (tertiary/aromatic N) is 1. The maximum atomic E-state index is 12.2. The first-order valence-electron chi connectivity index (χ1n) is 8.37. The molecule has 5 nitrogen and oxygen atoms in total. The van der Waals surface area contributed by atoms with Gasteiger partial charge in [0.05, 0.1) is 4.47 Å². The smallest absolute Gasteiger partial charge is 0.262 e. The molecule has 0 aliphatic rings. The van der Waals surface area contributed by atoms with Crippen molar-refractivity contribution in [2.24, 2.45) is 0 Å². The molecule has 0 aromatic heterocycles. The number of nitrogens with one attached hydrogen (secondary N) is 1. The number of hydrogen-bond acceptors (Lipinski definition) is 3. The number of hydrogen-bond donors (Lipinski definition) is 1.